The number of sulfone groups is 1. The molecule has 5 aromatic carbocycles. The van der Waals surface area contributed by atoms with Gasteiger partial charge in [0.15, 0.2) is 18.1 Å². The van der Waals surface area contributed by atoms with Gasteiger partial charge in [0.2, 0.25) is 0 Å². The molecular formula is C56H67ClN7O6PS2. The van der Waals surface area contributed by atoms with Crippen LogP contribution < -0.4 is 25.1 Å². The van der Waals surface area contributed by atoms with Crippen molar-refractivity contribution in [2.24, 2.45) is 5.92 Å². The van der Waals surface area contributed by atoms with Crippen LogP contribution in [0.1, 0.15) is 51.3 Å². The lowest BCUT2D eigenvalue weighted by molar-refractivity contribution is -0.383. The van der Waals surface area contributed by atoms with Crippen molar-refractivity contribution >= 4 is 75.2 Å². The summed E-state index contributed by atoms with van der Waals surface area (Å²) in [6, 6.07) is 40.4. The number of nitrogens with zero attached hydrogens (tertiary/aromatic N) is 6. The fraction of sp³-hybridized carbons (Fsp3) is 0.393. The molecule has 2 N–H and O–H groups in total. The molecule has 3 fully saturated rings. The van der Waals surface area contributed by atoms with Gasteiger partial charge in [-0.3, -0.25) is 10.1 Å². The number of piperazine rings is 1. The zero-order valence-corrected chi connectivity index (χ0v) is 45.5. The van der Waals surface area contributed by atoms with Crippen molar-refractivity contribution in [3.05, 3.63) is 142 Å². The number of likely N-dealkylation sites (tertiary alicyclic amines) is 1. The van der Waals surface area contributed by atoms with Gasteiger partial charge in [-0.2, -0.15) is 0 Å². The van der Waals surface area contributed by atoms with Crippen LogP contribution in [0.15, 0.2) is 131 Å². The van der Waals surface area contributed by atoms with Crippen LogP contribution in [0.5, 0.6) is 0 Å². The van der Waals surface area contributed by atoms with Gasteiger partial charge < -0.3 is 38.9 Å². The summed E-state index contributed by atoms with van der Waals surface area (Å²) in [5.74, 6) is 1.13. The number of nitrogens with one attached hydrogen (secondary N) is 1. The zero-order valence-electron chi connectivity index (χ0n) is 42.2. The number of halogens is 1. The summed E-state index contributed by atoms with van der Waals surface area (Å²) in [6.07, 6.45) is 4.97. The highest BCUT2D eigenvalue weighted by Gasteiger charge is 2.32. The molecule has 3 aliphatic heterocycles. The Morgan fingerprint density at radius 3 is 2.18 bits per heavy atom. The Morgan fingerprint density at radius 2 is 1.52 bits per heavy atom. The lowest BCUT2D eigenvalue weighted by Crippen LogP contribution is -2.46. The molecule has 4 heterocycles. The summed E-state index contributed by atoms with van der Waals surface area (Å²) in [6.45, 7) is 13.6. The first kappa shape index (κ1) is 52.7. The number of aliphatic hydroxyl groups excluding tert-OH is 1. The molecule has 9 rings (SSSR count). The third kappa shape index (κ3) is 12.4. The number of benzene rings is 5. The van der Waals surface area contributed by atoms with Gasteiger partial charge in [0, 0.05) is 120 Å². The van der Waals surface area contributed by atoms with Gasteiger partial charge >= 0.3 is 0 Å². The third-order valence-corrected chi connectivity index (χ3v) is 19.0. The Hall–Kier alpha value is -5.12. The largest absolute Gasteiger partial charge is 0.396 e. The first-order chi connectivity index (χ1) is 35.2. The second-order valence-corrected chi connectivity index (χ2v) is 25.0. The Labute approximate surface area is 441 Å². The van der Waals surface area contributed by atoms with Crippen LogP contribution in [0.4, 0.5) is 28.4 Å². The van der Waals surface area contributed by atoms with E-state index in [4.69, 9.17) is 16.1 Å². The molecule has 386 valence electrons. The van der Waals surface area contributed by atoms with Crippen LogP contribution in [0, 0.1) is 23.0 Å². The molecule has 3 saturated heterocycles. The number of hydrogen-bond donors (Lipinski definition) is 2. The fourth-order valence-electron chi connectivity index (χ4n) is 10.6. The van der Waals surface area contributed by atoms with E-state index >= 15 is 0 Å². The van der Waals surface area contributed by atoms with Crippen LogP contribution in [0.3, 0.4) is 0 Å². The van der Waals surface area contributed by atoms with E-state index in [0.29, 0.717) is 33.7 Å². The minimum absolute atomic E-state index is 0.00359. The number of piperidine rings is 1. The summed E-state index contributed by atoms with van der Waals surface area (Å²) < 4.78 is 38.0. The summed E-state index contributed by atoms with van der Waals surface area (Å²) >= 11 is 8.07. The molecule has 13 nitrogen and oxygen atoms in total. The normalized spacial score (nSPS) is 17.6. The topological polar surface area (TPSA) is 137 Å². The van der Waals surface area contributed by atoms with Gasteiger partial charge in [0.05, 0.1) is 22.1 Å². The second-order valence-electron chi connectivity index (χ2n) is 19.7. The van der Waals surface area contributed by atoms with Crippen LogP contribution >= 0.6 is 31.7 Å². The van der Waals surface area contributed by atoms with Crippen molar-refractivity contribution in [3.63, 3.8) is 0 Å². The molecule has 0 saturated carbocycles. The van der Waals surface area contributed by atoms with Crippen molar-refractivity contribution in [2.75, 3.05) is 97.4 Å². The highest BCUT2D eigenvalue weighted by Crippen LogP contribution is 2.48. The molecule has 6 aromatic rings. The monoisotopic (exact) mass is 1060 g/mol. The average molecular weight is 1060 g/mol. The van der Waals surface area contributed by atoms with Crippen molar-refractivity contribution in [1.29, 1.82) is 0 Å². The van der Waals surface area contributed by atoms with Crippen molar-refractivity contribution in [3.8, 4) is 22.4 Å². The zero-order chi connectivity index (χ0) is 51.2. The number of aliphatic hydroxyl groups is 1. The average Bonchev–Trinajstić information content (AvgIpc) is 3.74. The van der Waals surface area contributed by atoms with Crippen LogP contribution in [-0.2, 0) is 14.4 Å². The van der Waals surface area contributed by atoms with E-state index in [0.717, 1.165) is 134 Å². The van der Waals surface area contributed by atoms with E-state index < -0.39 is 18.1 Å². The summed E-state index contributed by atoms with van der Waals surface area (Å²) in [5, 5.41) is 27.5. The van der Waals surface area contributed by atoms with Gasteiger partial charge in [0.25, 0.3) is 5.69 Å². The van der Waals surface area contributed by atoms with E-state index in [2.05, 4.69) is 91.6 Å². The predicted octanol–water partition coefficient (Wildman–Crippen LogP) is 11.5. The van der Waals surface area contributed by atoms with Gasteiger partial charge in [0.1, 0.15) is 5.69 Å². The Balaban J connectivity index is 0.883. The molecule has 1 aromatic heterocycles. The van der Waals surface area contributed by atoms with Gasteiger partial charge in [-0.1, -0.05) is 54.1 Å². The molecule has 17 heteroatoms. The van der Waals surface area contributed by atoms with Crippen LogP contribution in [0.2, 0.25) is 5.02 Å². The maximum atomic E-state index is 13.6. The number of rotatable bonds is 18. The molecule has 0 aliphatic carbocycles. The fourth-order valence-corrected chi connectivity index (χ4v) is 14.9. The maximum Gasteiger partial charge on any atom is 0.293 e. The molecular weight excluding hydrogens is 997 g/mol. The van der Waals surface area contributed by atoms with Crippen molar-refractivity contribution in [2.45, 2.75) is 68.3 Å². The number of thioether (sulfide) groups is 1. The SMILES string of the molecule is Cc1c(S(C)(=O)=O)c(-c2cccc(N3CCN(c4ccc(N5CCCO[P@@]5c5ccc(N[C@H](CCN6CCC(CO)CC6)CSc6ccccc6)c([N+](=O)[O-])c5)cc4)CC3)c2)c(-c2ccc(Cl)cc2)n1C(C)C. The third-order valence-electron chi connectivity index (χ3n) is 14.4. The highest BCUT2D eigenvalue weighted by molar-refractivity contribution is 7.99. The van der Waals surface area contributed by atoms with Gasteiger partial charge in [-0.25, -0.2) is 8.42 Å². The number of nitro benzene ring substituents is 1. The number of anilines is 4. The van der Waals surface area contributed by atoms with Crippen LogP contribution in [0.25, 0.3) is 22.4 Å². The first-order valence-corrected chi connectivity index (χ1v) is 29.9. The number of hydrogen-bond acceptors (Lipinski definition) is 12. The van der Waals surface area contributed by atoms with E-state index in [-0.39, 0.29) is 29.3 Å². The molecule has 0 bridgehead atoms. The Morgan fingerprint density at radius 1 is 0.836 bits per heavy atom. The van der Waals surface area contributed by atoms with Gasteiger partial charge in [-0.05, 0) is 149 Å². The lowest BCUT2D eigenvalue weighted by Gasteiger charge is -2.38. The standard InChI is InChI=1S/C56H67ClN7O6PS2/c1-40(2)63-41(3)56(73(4,68)69)54(55(63)43-14-16-45(57)17-15-43)44-10-8-11-49(36-44)61-33-31-60(32-34-61)47-18-20-48(21-19-47)62-27-9-35-70-71(62)50-22-23-52(53(37-50)64(66)67)58-46(39-72-51-12-6-5-7-13-51)26-30-59-28-24-42(38-65)25-29-59/h5-8,10-23,36-37,40,42,46,58,65H,9,24-35,38-39H2,1-4H3/t46-,71+/m1/s1. The van der Waals surface area contributed by atoms with Crippen molar-refractivity contribution < 1.29 is 23.0 Å². The molecule has 0 radical (unpaired) electrons. The summed E-state index contributed by atoms with van der Waals surface area (Å²) in [5.41, 5.74) is 7.80. The van der Waals surface area contributed by atoms with E-state index in [1.54, 1.807) is 17.8 Å². The number of aromatic nitrogens is 1. The van der Waals surface area contributed by atoms with E-state index in [1.165, 1.54) is 6.26 Å². The predicted molar refractivity (Wildman–Crippen MR) is 302 cm³/mol. The first-order valence-electron chi connectivity index (χ1n) is 25.4. The molecule has 0 unspecified atom stereocenters. The Kier molecular flexibility index (Phi) is 17.1. The maximum absolute atomic E-state index is 13.6. The molecule has 73 heavy (non-hydrogen) atoms. The molecule has 0 spiro atoms. The Bertz CT molecular complexity index is 2950. The molecule has 0 amide bonds. The second kappa shape index (κ2) is 23.6. The molecule has 3 aliphatic rings. The van der Waals surface area contributed by atoms with Crippen molar-refractivity contribution in [1.82, 2.24) is 9.47 Å². The summed E-state index contributed by atoms with van der Waals surface area (Å²) in [4.78, 5) is 21.2. The quantitative estimate of drug-likeness (QED) is 0.0367. The van der Waals surface area contributed by atoms with E-state index in [1.807, 2.05) is 73.7 Å². The minimum atomic E-state index is -3.60. The van der Waals surface area contributed by atoms with Gasteiger partial charge in [-0.15, -0.1) is 11.8 Å². The highest BCUT2D eigenvalue weighted by atomic mass is 35.5. The summed E-state index contributed by atoms with van der Waals surface area (Å²) in [7, 11) is -4.93. The van der Waals surface area contributed by atoms with Crippen LogP contribution in [-0.4, -0.2) is 112 Å². The smallest absolute Gasteiger partial charge is 0.293 e. The lowest BCUT2D eigenvalue weighted by atomic mass is 9.97. The minimum Gasteiger partial charge on any atom is -0.396 e. The molecule has 2 atom stereocenters. The van der Waals surface area contributed by atoms with E-state index in [9.17, 15) is 23.6 Å². The number of nitro groups is 1.